The maximum Gasteiger partial charge on any atom is 0.224 e. The van der Waals surface area contributed by atoms with E-state index in [4.69, 9.17) is 5.11 Å². The van der Waals surface area contributed by atoms with E-state index in [9.17, 15) is 0 Å². The summed E-state index contributed by atoms with van der Waals surface area (Å²) in [5, 5.41) is 15.2. The van der Waals surface area contributed by atoms with Crippen LogP contribution in [0.5, 0.6) is 0 Å². The Hall–Kier alpha value is -1.36. The first-order chi connectivity index (χ1) is 6.78. The van der Waals surface area contributed by atoms with Crippen molar-refractivity contribution in [1.82, 2.24) is 9.97 Å². The lowest BCUT2D eigenvalue weighted by Gasteiger charge is -2.32. The normalized spacial score (nSPS) is 25.3. The second-order valence-electron chi connectivity index (χ2n) is 3.48. The van der Waals surface area contributed by atoms with Gasteiger partial charge in [0, 0.05) is 19.3 Å². The molecule has 1 aromatic rings. The van der Waals surface area contributed by atoms with E-state index in [0.29, 0.717) is 12.0 Å². The molecule has 2 rings (SSSR count). The molecule has 0 saturated heterocycles. The number of aliphatic hydroxyl groups is 1. The van der Waals surface area contributed by atoms with Crippen molar-refractivity contribution in [2.75, 3.05) is 17.7 Å². The fraction of sp³-hybridized carbons (Fsp3) is 0.556. The number of nitrogens with zero attached hydrogens (tertiary/aromatic N) is 2. The van der Waals surface area contributed by atoms with E-state index in [-0.39, 0.29) is 6.10 Å². The monoisotopic (exact) mass is 194 g/mol. The van der Waals surface area contributed by atoms with Crippen LogP contribution in [-0.4, -0.2) is 34.3 Å². The lowest BCUT2D eigenvalue weighted by molar-refractivity contribution is 0.0835. The molecule has 0 radical (unpaired) electrons. The van der Waals surface area contributed by atoms with Gasteiger partial charge in [-0.3, -0.25) is 0 Å². The SMILES string of the molecule is CNc1nccc(NC2CC(O)C2)n1. The van der Waals surface area contributed by atoms with Gasteiger partial charge in [-0.05, 0) is 18.9 Å². The van der Waals surface area contributed by atoms with Crippen molar-refractivity contribution in [3.8, 4) is 0 Å². The highest BCUT2D eigenvalue weighted by Crippen LogP contribution is 2.23. The third kappa shape index (κ3) is 1.93. The molecule has 0 spiro atoms. The van der Waals surface area contributed by atoms with Crippen LogP contribution >= 0.6 is 0 Å². The Morgan fingerprint density at radius 1 is 1.50 bits per heavy atom. The largest absolute Gasteiger partial charge is 0.393 e. The van der Waals surface area contributed by atoms with Gasteiger partial charge in [0.15, 0.2) is 0 Å². The average Bonchev–Trinajstić information content (AvgIpc) is 2.16. The Bertz CT molecular complexity index is 311. The maximum absolute atomic E-state index is 9.11. The molecular formula is C9H14N4O. The summed E-state index contributed by atoms with van der Waals surface area (Å²) in [5.41, 5.74) is 0. The van der Waals surface area contributed by atoms with Gasteiger partial charge in [0.1, 0.15) is 5.82 Å². The van der Waals surface area contributed by atoms with Gasteiger partial charge in [0.25, 0.3) is 0 Å². The summed E-state index contributed by atoms with van der Waals surface area (Å²) < 4.78 is 0. The third-order valence-electron chi connectivity index (χ3n) is 2.34. The topological polar surface area (TPSA) is 70.1 Å². The second-order valence-corrected chi connectivity index (χ2v) is 3.48. The molecule has 1 fully saturated rings. The van der Waals surface area contributed by atoms with Crippen LogP contribution in [0.3, 0.4) is 0 Å². The Kier molecular flexibility index (Phi) is 2.49. The molecule has 1 heterocycles. The zero-order valence-electron chi connectivity index (χ0n) is 8.07. The van der Waals surface area contributed by atoms with Gasteiger partial charge in [-0.1, -0.05) is 0 Å². The van der Waals surface area contributed by atoms with E-state index in [1.807, 2.05) is 6.07 Å². The van der Waals surface area contributed by atoms with Crippen molar-refractivity contribution in [2.24, 2.45) is 0 Å². The first-order valence-corrected chi connectivity index (χ1v) is 4.73. The molecule has 1 aliphatic rings. The van der Waals surface area contributed by atoms with Crippen LogP contribution < -0.4 is 10.6 Å². The number of hydrogen-bond acceptors (Lipinski definition) is 5. The zero-order valence-corrected chi connectivity index (χ0v) is 8.07. The van der Waals surface area contributed by atoms with E-state index in [0.717, 1.165) is 18.7 Å². The predicted octanol–water partition coefficient (Wildman–Crippen LogP) is 0.453. The molecule has 0 atom stereocenters. The standard InChI is InChI=1S/C9H14N4O/c1-10-9-11-3-2-8(13-9)12-6-4-7(14)5-6/h2-3,6-7,14H,4-5H2,1H3,(H2,10,11,12,13). The van der Waals surface area contributed by atoms with E-state index >= 15 is 0 Å². The molecule has 3 N–H and O–H groups in total. The molecular weight excluding hydrogens is 180 g/mol. The quantitative estimate of drug-likeness (QED) is 0.652. The van der Waals surface area contributed by atoms with Crippen LogP contribution in [0.2, 0.25) is 0 Å². The van der Waals surface area contributed by atoms with Gasteiger partial charge in [-0.2, -0.15) is 4.98 Å². The maximum atomic E-state index is 9.11. The first-order valence-electron chi connectivity index (χ1n) is 4.73. The Morgan fingerprint density at radius 2 is 2.29 bits per heavy atom. The van der Waals surface area contributed by atoms with Crippen molar-refractivity contribution < 1.29 is 5.11 Å². The number of aliphatic hydroxyl groups excluding tert-OH is 1. The summed E-state index contributed by atoms with van der Waals surface area (Å²) in [7, 11) is 1.78. The summed E-state index contributed by atoms with van der Waals surface area (Å²) in [6.45, 7) is 0. The minimum absolute atomic E-state index is 0.141. The van der Waals surface area contributed by atoms with Gasteiger partial charge in [-0.15, -0.1) is 0 Å². The molecule has 5 heteroatoms. The van der Waals surface area contributed by atoms with Crippen molar-refractivity contribution in [2.45, 2.75) is 25.0 Å². The van der Waals surface area contributed by atoms with Gasteiger partial charge in [-0.25, -0.2) is 4.98 Å². The van der Waals surface area contributed by atoms with Gasteiger partial charge in [0.2, 0.25) is 5.95 Å². The molecule has 0 aliphatic heterocycles. The summed E-state index contributed by atoms with van der Waals surface area (Å²) in [6, 6.07) is 2.18. The minimum atomic E-state index is -0.141. The number of nitrogens with one attached hydrogen (secondary N) is 2. The fourth-order valence-corrected chi connectivity index (χ4v) is 1.47. The first kappa shape index (κ1) is 9.21. The molecule has 0 unspecified atom stereocenters. The Labute approximate surface area is 82.6 Å². The highest BCUT2D eigenvalue weighted by molar-refractivity contribution is 5.40. The van der Waals surface area contributed by atoms with Crippen molar-refractivity contribution in [1.29, 1.82) is 0 Å². The summed E-state index contributed by atoms with van der Waals surface area (Å²) >= 11 is 0. The molecule has 1 aliphatic carbocycles. The van der Waals surface area contributed by atoms with E-state index in [1.54, 1.807) is 13.2 Å². The van der Waals surface area contributed by atoms with Gasteiger partial charge >= 0.3 is 0 Å². The zero-order chi connectivity index (χ0) is 9.97. The lowest BCUT2D eigenvalue weighted by atomic mass is 9.89. The predicted molar refractivity (Wildman–Crippen MR) is 54.2 cm³/mol. The minimum Gasteiger partial charge on any atom is -0.393 e. The highest BCUT2D eigenvalue weighted by Gasteiger charge is 2.27. The highest BCUT2D eigenvalue weighted by atomic mass is 16.3. The van der Waals surface area contributed by atoms with Crippen LogP contribution in [0.1, 0.15) is 12.8 Å². The van der Waals surface area contributed by atoms with Crippen molar-refractivity contribution >= 4 is 11.8 Å². The molecule has 1 aromatic heterocycles. The average molecular weight is 194 g/mol. The van der Waals surface area contributed by atoms with Gasteiger partial charge < -0.3 is 15.7 Å². The number of rotatable bonds is 3. The molecule has 0 bridgehead atoms. The second kappa shape index (κ2) is 3.79. The van der Waals surface area contributed by atoms with Crippen LogP contribution in [0, 0.1) is 0 Å². The number of hydrogen-bond donors (Lipinski definition) is 3. The third-order valence-corrected chi connectivity index (χ3v) is 2.34. The Morgan fingerprint density at radius 3 is 2.93 bits per heavy atom. The Balaban J connectivity index is 1.95. The van der Waals surface area contributed by atoms with E-state index in [1.165, 1.54) is 0 Å². The van der Waals surface area contributed by atoms with E-state index in [2.05, 4.69) is 20.6 Å². The molecule has 76 valence electrons. The van der Waals surface area contributed by atoms with Crippen LogP contribution in [0.15, 0.2) is 12.3 Å². The van der Waals surface area contributed by atoms with Crippen LogP contribution in [0.25, 0.3) is 0 Å². The molecule has 0 amide bonds. The summed E-state index contributed by atoms with van der Waals surface area (Å²) in [6.07, 6.45) is 3.17. The molecule has 5 nitrogen and oxygen atoms in total. The van der Waals surface area contributed by atoms with E-state index < -0.39 is 0 Å². The summed E-state index contributed by atoms with van der Waals surface area (Å²) in [4.78, 5) is 8.24. The molecule has 0 aromatic carbocycles. The van der Waals surface area contributed by atoms with Crippen molar-refractivity contribution in [3.05, 3.63) is 12.3 Å². The smallest absolute Gasteiger partial charge is 0.224 e. The van der Waals surface area contributed by atoms with Gasteiger partial charge in [0.05, 0.1) is 6.10 Å². The molecule has 14 heavy (non-hydrogen) atoms. The molecule has 1 saturated carbocycles. The summed E-state index contributed by atoms with van der Waals surface area (Å²) in [5.74, 6) is 1.41. The van der Waals surface area contributed by atoms with Crippen molar-refractivity contribution in [3.63, 3.8) is 0 Å². The van der Waals surface area contributed by atoms with Crippen LogP contribution in [-0.2, 0) is 0 Å². The number of anilines is 2. The number of aromatic nitrogens is 2. The fourth-order valence-electron chi connectivity index (χ4n) is 1.47. The van der Waals surface area contributed by atoms with Crippen LogP contribution in [0.4, 0.5) is 11.8 Å². The lowest BCUT2D eigenvalue weighted by Crippen LogP contribution is -2.39.